The third-order valence-corrected chi connectivity index (χ3v) is 5.27. The van der Waals surface area contributed by atoms with Crippen LogP contribution in [0, 0.1) is 10.8 Å². The van der Waals surface area contributed by atoms with Gasteiger partial charge in [-0.05, 0) is 36.8 Å². The average molecular weight is 326 g/mol. The van der Waals surface area contributed by atoms with Crippen molar-refractivity contribution in [3.63, 3.8) is 0 Å². The van der Waals surface area contributed by atoms with E-state index in [0.29, 0.717) is 16.9 Å². The largest absolute Gasteiger partial charge is 0.379 e. The van der Waals surface area contributed by atoms with Gasteiger partial charge in [-0.2, -0.15) is 0 Å². The molecule has 0 aromatic carbocycles. The Morgan fingerprint density at radius 2 is 1.52 bits per heavy atom. The van der Waals surface area contributed by atoms with Gasteiger partial charge < -0.3 is 15.0 Å². The Hall–Kier alpha value is -0.160. The smallest absolute Gasteiger partial charge is 0.0594 e. The predicted molar refractivity (Wildman–Crippen MR) is 98.0 cm³/mol. The molecule has 136 valence electrons. The van der Waals surface area contributed by atoms with Gasteiger partial charge in [0.25, 0.3) is 0 Å². The first-order valence-corrected chi connectivity index (χ1v) is 9.52. The van der Waals surface area contributed by atoms with Crippen LogP contribution in [0.5, 0.6) is 0 Å². The normalized spacial score (nSPS) is 23.3. The predicted octanol–water partition coefficient (Wildman–Crippen LogP) is 2.44. The zero-order valence-electron chi connectivity index (χ0n) is 16.2. The lowest BCUT2D eigenvalue weighted by Gasteiger charge is -2.39. The summed E-state index contributed by atoms with van der Waals surface area (Å²) in [5, 5.41) is 3.92. The monoisotopic (exact) mass is 325 g/mol. The lowest BCUT2D eigenvalue weighted by molar-refractivity contribution is 0.0200. The Labute approximate surface area is 143 Å². The second-order valence-corrected chi connectivity index (χ2v) is 9.36. The summed E-state index contributed by atoms with van der Waals surface area (Å²) in [5.74, 6) is 0. The standard InChI is InChI=1S/C19H39N3O/c1-18(2,3)17(14-21-8-6-7-9-21)20-15-19(4,5)16-22-10-12-23-13-11-22/h17,20H,6-16H2,1-5H3. The van der Waals surface area contributed by atoms with Crippen LogP contribution in [0.1, 0.15) is 47.5 Å². The number of likely N-dealkylation sites (tertiary alicyclic amines) is 1. The molecule has 1 atom stereocenters. The molecule has 4 nitrogen and oxygen atoms in total. The highest BCUT2D eigenvalue weighted by Crippen LogP contribution is 2.24. The first-order valence-electron chi connectivity index (χ1n) is 9.52. The molecule has 4 heteroatoms. The van der Waals surface area contributed by atoms with Crippen molar-refractivity contribution in [3.8, 4) is 0 Å². The number of ether oxygens (including phenoxy) is 1. The Morgan fingerprint density at radius 3 is 2.09 bits per heavy atom. The molecule has 2 heterocycles. The Balaban J connectivity index is 1.82. The number of hydrogen-bond acceptors (Lipinski definition) is 4. The third kappa shape index (κ3) is 6.69. The molecule has 0 aromatic rings. The highest BCUT2D eigenvalue weighted by Gasteiger charge is 2.30. The van der Waals surface area contributed by atoms with Crippen molar-refractivity contribution in [1.82, 2.24) is 15.1 Å². The van der Waals surface area contributed by atoms with Crippen LogP contribution >= 0.6 is 0 Å². The quantitative estimate of drug-likeness (QED) is 0.778. The maximum atomic E-state index is 5.47. The van der Waals surface area contributed by atoms with E-state index < -0.39 is 0 Å². The van der Waals surface area contributed by atoms with Crippen molar-refractivity contribution in [1.29, 1.82) is 0 Å². The molecule has 0 radical (unpaired) electrons. The summed E-state index contributed by atoms with van der Waals surface area (Å²) in [7, 11) is 0. The van der Waals surface area contributed by atoms with Gasteiger partial charge in [-0.3, -0.25) is 4.90 Å². The lowest BCUT2D eigenvalue weighted by Crippen LogP contribution is -2.52. The van der Waals surface area contributed by atoms with Crippen molar-refractivity contribution in [3.05, 3.63) is 0 Å². The second kappa shape index (κ2) is 8.28. The molecule has 1 N–H and O–H groups in total. The highest BCUT2D eigenvalue weighted by molar-refractivity contribution is 4.88. The minimum absolute atomic E-state index is 0.297. The molecule has 0 bridgehead atoms. The summed E-state index contributed by atoms with van der Waals surface area (Å²) in [5.41, 5.74) is 0.601. The molecule has 0 amide bonds. The highest BCUT2D eigenvalue weighted by atomic mass is 16.5. The average Bonchev–Trinajstić information content (AvgIpc) is 2.96. The summed E-state index contributed by atoms with van der Waals surface area (Å²) >= 11 is 0. The van der Waals surface area contributed by atoms with Crippen LogP contribution in [0.25, 0.3) is 0 Å². The number of nitrogens with zero attached hydrogens (tertiary/aromatic N) is 2. The SMILES string of the molecule is CC(C)(CNC(CN1CCCC1)C(C)(C)C)CN1CCOCC1. The van der Waals surface area contributed by atoms with Crippen molar-refractivity contribution in [2.75, 3.05) is 59.0 Å². The number of nitrogens with one attached hydrogen (secondary N) is 1. The molecule has 1 unspecified atom stereocenters. The summed E-state index contributed by atoms with van der Waals surface area (Å²) in [6.07, 6.45) is 2.75. The second-order valence-electron chi connectivity index (χ2n) is 9.36. The molecule has 0 spiro atoms. The van der Waals surface area contributed by atoms with Crippen LogP contribution in [0.3, 0.4) is 0 Å². The molecular formula is C19H39N3O. The fourth-order valence-electron chi connectivity index (χ4n) is 3.69. The van der Waals surface area contributed by atoms with E-state index in [0.717, 1.165) is 39.4 Å². The first kappa shape index (κ1) is 19.2. The molecule has 2 fully saturated rings. The van der Waals surface area contributed by atoms with E-state index >= 15 is 0 Å². The molecule has 23 heavy (non-hydrogen) atoms. The van der Waals surface area contributed by atoms with E-state index in [4.69, 9.17) is 4.74 Å². The van der Waals surface area contributed by atoms with Crippen LogP contribution in [0.2, 0.25) is 0 Å². The van der Waals surface area contributed by atoms with Crippen LogP contribution < -0.4 is 5.32 Å². The van der Waals surface area contributed by atoms with Gasteiger partial charge in [0.1, 0.15) is 0 Å². The maximum Gasteiger partial charge on any atom is 0.0594 e. The van der Waals surface area contributed by atoms with E-state index in [1.165, 1.54) is 32.5 Å². The molecule has 0 aromatic heterocycles. The Kier molecular flexibility index (Phi) is 6.90. The fraction of sp³-hybridized carbons (Fsp3) is 1.00. The van der Waals surface area contributed by atoms with Crippen molar-refractivity contribution in [2.45, 2.75) is 53.5 Å². The Morgan fingerprint density at radius 1 is 0.913 bits per heavy atom. The fourth-order valence-corrected chi connectivity index (χ4v) is 3.69. The molecule has 2 saturated heterocycles. The topological polar surface area (TPSA) is 27.7 Å². The zero-order valence-corrected chi connectivity index (χ0v) is 16.2. The van der Waals surface area contributed by atoms with Gasteiger partial charge in [-0.25, -0.2) is 0 Å². The molecule has 2 rings (SSSR count). The zero-order chi connectivity index (χ0) is 16.9. The van der Waals surface area contributed by atoms with E-state index in [9.17, 15) is 0 Å². The van der Waals surface area contributed by atoms with Gasteiger partial charge in [0.15, 0.2) is 0 Å². The maximum absolute atomic E-state index is 5.47. The third-order valence-electron chi connectivity index (χ3n) is 5.27. The van der Waals surface area contributed by atoms with E-state index in [1.54, 1.807) is 0 Å². The molecular weight excluding hydrogens is 286 g/mol. The van der Waals surface area contributed by atoms with Gasteiger partial charge in [0.05, 0.1) is 13.2 Å². The number of morpholine rings is 1. The van der Waals surface area contributed by atoms with Crippen molar-refractivity contribution in [2.24, 2.45) is 10.8 Å². The molecule has 0 aliphatic carbocycles. The molecule has 2 aliphatic rings. The van der Waals surface area contributed by atoms with E-state index in [-0.39, 0.29) is 0 Å². The van der Waals surface area contributed by atoms with Gasteiger partial charge in [-0.1, -0.05) is 34.6 Å². The van der Waals surface area contributed by atoms with Crippen LogP contribution in [0.4, 0.5) is 0 Å². The minimum atomic E-state index is 0.297. The number of hydrogen-bond donors (Lipinski definition) is 1. The van der Waals surface area contributed by atoms with Gasteiger partial charge >= 0.3 is 0 Å². The number of rotatable bonds is 7. The molecule has 2 aliphatic heterocycles. The van der Waals surface area contributed by atoms with Crippen LogP contribution in [0.15, 0.2) is 0 Å². The van der Waals surface area contributed by atoms with Gasteiger partial charge in [0, 0.05) is 38.8 Å². The minimum Gasteiger partial charge on any atom is -0.379 e. The first-order chi connectivity index (χ1) is 10.8. The van der Waals surface area contributed by atoms with E-state index in [2.05, 4.69) is 49.7 Å². The van der Waals surface area contributed by atoms with Crippen molar-refractivity contribution < 1.29 is 4.74 Å². The van der Waals surface area contributed by atoms with Gasteiger partial charge in [0.2, 0.25) is 0 Å². The summed E-state index contributed by atoms with van der Waals surface area (Å²) < 4.78 is 5.47. The van der Waals surface area contributed by atoms with Crippen LogP contribution in [-0.4, -0.2) is 74.9 Å². The summed E-state index contributed by atoms with van der Waals surface area (Å²) in [4.78, 5) is 5.19. The van der Waals surface area contributed by atoms with Crippen molar-refractivity contribution >= 4 is 0 Å². The lowest BCUT2D eigenvalue weighted by atomic mass is 9.84. The summed E-state index contributed by atoms with van der Waals surface area (Å²) in [6.45, 7) is 21.8. The molecule has 0 saturated carbocycles. The van der Waals surface area contributed by atoms with Crippen LogP contribution in [-0.2, 0) is 4.74 Å². The Bertz CT molecular complexity index is 339. The van der Waals surface area contributed by atoms with E-state index in [1.807, 2.05) is 0 Å². The summed E-state index contributed by atoms with van der Waals surface area (Å²) in [6, 6.07) is 0.560. The van der Waals surface area contributed by atoms with Gasteiger partial charge in [-0.15, -0.1) is 0 Å².